The molecule has 0 aliphatic carbocycles. The van der Waals surface area contributed by atoms with E-state index in [2.05, 4.69) is 18.8 Å². The molecular weight excluding hydrogens is 264 g/mol. The number of rotatable bonds is 6. The molecule has 4 heteroatoms. The van der Waals surface area contributed by atoms with Gasteiger partial charge in [-0.2, -0.15) is 0 Å². The van der Waals surface area contributed by atoms with Gasteiger partial charge in [0, 0.05) is 30.8 Å². The molecule has 0 aromatic heterocycles. The van der Waals surface area contributed by atoms with E-state index in [0.29, 0.717) is 25.3 Å². The lowest BCUT2D eigenvalue weighted by Gasteiger charge is -2.28. The summed E-state index contributed by atoms with van der Waals surface area (Å²) in [6.07, 6.45) is 0.905. The molecule has 1 atom stereocenters. The molecule has 1 aromatic rings. The standard InChI is InChI=1S/C17H24N2O2/c1-4-14(2)19(11-12-21-3)17(20)16-9-5-7-15(13-16)8-6-10-18/h5,7,9,13-14H,4,10-12,18H2,1-3H3. The molecule has 0 bridgehead atoms. The molecule has 0 aliphatic heterocycles. The summed E-state index contributed by atoms with van der Waals surface area (Å²) in [7, 11) is 1.64. The van der Waals surface area contributed by atoms with Crippen LogP contribution in [0.2, 0.25) is 0 Å². The van der Waals surface area contributed by atoms with Crippen molar-refractivity contribution in [2.45, 2.75) is 26.3 Å². The Hall–Kier alpha value is -1.83. The highest BCUT2D eigenvalue weighted by Crippen LogP contribution is 2.12. The third-order valence-corrected chi connectivity index (χ3v) is 3.36. The molecule has 4 nitrogen and oxygen atoms in total. The Morgan fingerprint density at radius 2 is 2.24 bits per heavy atom. The third kappa shape index (κ3) is 5.22. The van der Waals surface area contributed by atoms with Gasteiger partial charge in [0.15, 0.2) is 0 Å². The fourth-order valence-electron chi connectivity index (χ4n) is 1.98. The molecule has 114 valence electrons. The Morgan fingerprint density at radius 3 is 2.86 bits per heavy atom. The van der Waals surface area contributed by atoms with Gasteiger partial charge in [-0.25, -0.2) is 0 Å². The number of hydrogen-bond acceptors (Lipinski definition) is 3. The maximum Gasteiger partial charge on any atom is 0.254 e. The van der Waals surface area contributed by atoms with Gasteiger partial charge < -0.3 is 15.4 Å². The molecule has 1 amide bonds. The molecule has 1 rings (SSSR count). The van der Waals surface area contributed by atoms with E-state index in [1.807, 2.05) is 36.1 Å². The normalized spacial score (nSPS) is 11.4. The molecule has 0 radical (unpaired) electrons. The van der Waals surface area contributed by atoms with E-state index in [4.69, 9.17) is 10.5 Å². The van der Waals surface area contributed by atoms with Crippen molar-refractivity contribution in [3.8, 4) is 11.8 Å². The lowest BCUT2D eigenvalue weighted by molar-refractivity contribution is 0.0614. The summed E-state index contributed by atoms with van der Waals surface area (Å²) in [6.45, 7) is 5.54. The topological polar surface area (TPSA) is 55.6 Å². The van der Waals surface area contributed by atoms with Crippen LogP contribution in [0.15, 0.2) is 24.3 Å². The van der Waals surface area contributed by atoms with Gasteiger partial charge in [-0.3, -0.25) is 4.79 Å². The molecule has 0 spiro atoms. The van der Waals surface area contributed by atoms with Crippen molar-refractivity contribution in [1.29, 1.82) is 0 Å². The quantitative estimate of drug-likeness (QED) is 0.813. The molecule has 21 heavy (non-hydrogen) atoms. The Morgan fingerprint density at radius 1 is 1.48 bits per heavy atom. The minimum Gasteiger partial charge on any atom is -0.383 e. The number of ether oxygens (including phenoxy) is 1. The molecule has 1 unspecified atom stereocenters. The zero-order valence-corrected chi connectivity index (χ0v) is 13.1. The Bertz CT molecular complexity index is 517. The largest absolute Gasteiger partial charge is 0.383 e. The van der Waals surface area contributed by atoms with Gasteiger partial charge in [0.25, 0.3) is 5.91 Å². The summed E-state index contributed by atoms with van der Waals surface area (Å²) >= 11 is 0. The fraction of sp³-hybridized carbons (Fsp3) is 0.471. The van der Waals surface area contributed by atoms with E-state index < -0.39 is 0 Å². The summed E-state index contributed by atoms with van der Waals surface area (Å²) in [6, 6.07) is 7.53. The van der Waals surface area contributed by atoms with E-state index in [1.54, 1.807) is 7.11 Å². The Balaban J connectivity index is 2.97. The van der Waals surface area contributed by atoms with Gasteiger partial charge in [0.1, 0.15) is 0 Å². The van der Waals surface area contributed by atoms with Crippen molar-refractivity contribution in [2.24, 2.45) is 5.73 Å². The van der Waals surface area contributed by atoms with Crippen LogP contribution in [0.25, 0.3) is 0 Å². The van der Waals surface area contributed by atoms with E-state index in [1.165, 1.54) is 0 Å². The SMILES string of the molecule is CCC(C)N(CCOC)C(=O)c1cccc(C#CCN)c1. The van der Waals surface area contributed by atoms with E-state index in [9.17, 15) is 4.79 Å². The molecule has 0 fully saturated rings. The number of carbonyl (C=O) groups is 1. The maximum atomic E-state index is 12.7. The number of methoxy groups -OCH3 is 1. The van der Waals surface area contributed by atoms with Crippen LogP contribution in [-0.4, -0.2) is 43.7 Å². The fourth-order valence-corrected chi connectivity index (χ4v) is 1.98. The first-order valence-corrected chi connectivity index (χ1v) is 7.22. The second-order valence-corrected chi connectivity index (χ2v) is 4.84. The van der Waals surface area contributed by atoms with Crippen molar-refractivity contribution in [2.75, 3.05) is 26.8 Å². The second-order valence-electron chi connectivity index (χ2n) is 4.84. The van der Waals surface area contributed by atoms with Crippen LogP contribution in [0.5, 0.6) is 0 Å². The first-order valence-electron chi connectivity index (χ1n) is 7.22. The average molecular weight is 288 g/mol. The number of amides is 1. The summed E-state index contributed by atoms with van der Waals surface area (Å²) in [4.78, 5) is 14.5. The number of carbonyl (C=O) groups excluding carboxylic acids is 1. The second kappa shape index (κ2) is 9.17. The van der Waals surface area contributed by atoms with Crippen molar-refractivity contribution in [3.05, 3.63) is 35.4 Å². The zero-order chi connectivity index (χ0) is 15.7. The molecule has 0 aliphatic rings. The maximum absolute atomic E-state index is 12.7. The van der Waals surface area contributed by atoms with Crippen molar-refractivity contribution in [1.82, 2.24) is 4.90 Å². The van der Waals surface area contributed by atoms with Gasteiger partial charge in [-0.1, -0.05) is 24.8 Å². The number of benzene rings is 1. The summed E-state index contributed by atoms with van der Waals surface area (Å²) in [5.41, 5.74) is 6.83. The lowest BCUT2D eigenvalue weighted by Crippen LogP contribution is -2.40. The van der Waals surface area contributed by atoms with Crippen LogP contribution in [0, 0.1) is 11.8 Å². The predicted octanol–water partition coefficient (Wildman–Crippen LogP) is 1.88. The van der Waals surface area contributed by atoms with Crippen LogP contribution < -0.4 is 5.73 Å². The lowest BCUT2D eigenvalue weighted by atomic mass is 10.1. The number of nitrogens with zero attached hydrogens (tertiary/aromatic N) is 1. The number of nitrogens with two attached hydrogens (primary N) is 1. The highest BCUT2D eigenvalue weighted by Gasteiger charge is 2.20. The summed E-state index contributed by atoms with van der Waals surface area (Å²) in [5, 5.41) is 0. The molecule has 0 heterocycles. The van der Waals surface area contributed by atoms with E-state index >= 15 is 0 Å². The zero-order valence-electron chi connectivity index (χ0n) is 13.1. The first-order chi connectivity index (χ1) is 10.1. The smallest absolute Gasteiger partial charge is 0.254 e. The van der Waals surface area contributed by atoms with Crippen LogP contribution in [0.4, 0.5) is 0 Å². The van der Waals surface area contributed by atoms with Crippen molar-refractivity contribution >= 4 is 5.91 Å². The Kier molecular flexibility index (Phi) is 7.52. The van der Waals surface area contributed by atoms with Gasteiger partial charge in [-0.15, -0.1) is 0 Å². The van der Waals surface area contributed by atoms with Crippen LogP contribution in [0.1, 0.15) is 36.2 Å². The number of hydrogen-bond donors (Lipinski definition) is 1. The van der Waals surface area contributed by atoms with Gasteiger partial charge in [-0.05, 0) is 31.5 Å². The van der Waals surface area contributed by atoms with Crippen molar-refractivity contribution < 1.29 is 9.53 Å². The van der Waals surface area contributed by atoms with Crippen molar-refractivity contribution in [3.63, 3.8) is 0 Å². The minimum absolute atomic E-state index is 0.0119. The monoisotopic (exact) mass is 288 g/mol. The average Bonchev–Trinajstić information content (AvgIpc) is 2.52. The minimum atomic E-state index is 0.0119. The molecular formula is C17H24N2O2. The molecule has 1 aromatic carbocycles. The van der Waals surface area contributed by atoms with Crippen LogP contribution in [-0.2, 0) is 4.74 Å². The summed E-state index contributed by atoms with van der Waals surface area (Å²) < 4.78 is 5.10. The van der Waals surface area contributed by atoms with Gasteiger partial charge in [0.05, 0.1) is 13.2 Å². The van der Waals surface area contributed by atoms with Crippen LogP contribution in [0.3, 0.4) is 0 Å². The molecule has 2 N–H and O–H groups in total. The van der Waals surface area contributed by atoms with Gasteiger partial charge >= 0.3 is 0 Å². The highest BCUT2D eigenvalue weighted by molar-refractivity contribution is 5.94. The summed E-state index contributed by atoms with van der Waals surface area (Å²) in [5.74, 6) is 5.77. The third-order valence-electron chi connectivity index (χ3n) is 3.36. The van der Waals surface area contributed by atoms with Gasteiger partial charge in [0.2, 0.25) is 0 Å². The first kappa shape index (κ1) is 17.2. The Labute approximate surface area is 127 Å². The molecule has 0 saturated heterocycles. The van der Waals surface area contributed by atoms with Crippen LogP contribution >= 0.6 is 0 Å². The highest BCUT2D eigenvalue weighted by atomic mass is 16.5. The van der Waals surface area contributed by atoms with E-state index in [0.717, 1.165) is 12.0 Å². The van der Waals surface area contributed by atoms with E-state index in [-0.39, 0.29) is 11.9 Å². The predicted molar refractivity (Wildman–Crippen MR) is 85.0 cm³/mol. The molecule has 0 saturated carbocycles.